The molecular formula is C18H19F4NO2S. The van der Waals surface area contributed by atoms with Gasteiger partial charge in [-0.2, -0.15) is 13.2 Å². The fraction of sp³-hybridized carbons (Fsp3) is 0.333. The summed E-state index contributed by atoms with van der Waals surface area (Å²) >= 11 is 0. The third kappa shape index (κ3) is 5.28. The van der Waals surface area contributed by atoms with Crippen LogP contribution in [0, 0.1) is 5.82 Å². The van der Waals surface area contributed by atoms with Gasteiger partial charge >= 0.3 is 6.18 Å². The van der Waals surface area contributed by atoms with Crippen molar-refractivity contribution in [2.45, 2.75) is 43.8 Å². The van der Waals surface area contributed by atoms with Gasteiger partial charge in [-0.1, -0.05) is 31.5 Å². The number of benzene rings is 2. The molecule has 0 aromatic heterocycles. The van der Waals surface area contributed by atoms with Crippen molar-refractivity contribution in [1.82, 2.24) is 4.72 Å². The van der Waals surface area contributed by atoms with E-state index in [1.165, 1.54) is 12.1 Å². The molecule has 3 nitrogen and oxygen atoms in total. The number of unbranched alkanes of at least 4 members (excludes halogenated alkanes) is 1. The summed E-state index contributed by atoms with van der Waals surface area (Å²) in [6.45, 7) is 1.62. The van der Waals surface area contributed by atoms with Gasteiger partial charge in [0, 0.05) is 12.1 Å². The molecule has 0 atom stereocenters. The molecule has 0 unspecified atom stereocenters. The first-order valence-corrected chi connectivity index (χ1v) is 9.56. The number of halogens is 4. The minimum Gasteiger partial charge on any atom is -0.207 e. The minimum absolute atomic E-state index is 0.0186. The molecule has 2 aromatic carbocycles. The number of aryl methyl sites for hydroxylation is 1. The van der Waals surface area contributed by atoms with E-state index in [0.29, 0.717) is 6.07 Å². The van der Waals surface area contributed by atoms with E-state index in [1.807, 2.05) is 0 Å². The summed E-state index contributed by atoms with van der Waals surface area (Å²) in [6, 6.07) is 8.33. The van der Waals surface area contributed by atoms with Crippen LogP contribution in [0.25, 0.3) is 0 Å². The van der Waals surface area contributed by atoms with Gasteiger partial charge in [-0.05, 0) is 42.7 Å². The third-order valence-corrected chi connectivity index (χ3v) is 5.30. The van der Waals surface area contributed by atoms with Crippen molar-refractivity contribution in [3.8, 4) is 0 Å². The molecule has 2 aromatic rings. The molecular weight excluding hydrogens is 370 g/mol. The summed E-state index contributed by atoms with van der Waals surface area (Å²) < 4.78 is 78.1. The number of rotatable bonds is 7. The molecule has 0 aliphatic carbocycles. The molecule has 0 amide bonds. The predicted molar refractivity (Wildman–Crippen MR) is 90.5 cm³/mol. The summed E-state index contributed by atoms with van der Waals surface area (Å²) in [5, 5.41) is 0. The summed E-state index contributed by atoms with van der Waals surface area (Å²) in [6.07, 6.45) is -1.78. The zero-order valence-corrected chi connectivity index (χ0v) is 14.9. The molecule has 8 heteroatoms. The van der Waals surface area contributed by atoms with Crippen molar-refractivity contribution >= 4 is 10.0 Å². The molecule has 0 aliphatic heterocycles. The minimum atomic E-state index is -4.65. The van der Waals surface area contributed by atoms with Gasteiger partial charge in [0.1, 0.15) is 5.82 Å². The highest BCUT2D eigenvalue weighted by molar-refractivity contribution is 7.89. The van der Waals surface area contributed by atoms with Crippen LogP contribution >= 0.6 is 0 Å². The van der Waals surface area contributed by atoms with Crippen molar-refractivity contribution in [1.29, 1.82) is 0 Å². The van der Waals surface area contributed by atoms with E-state index >= 15 is 0 Å². The van der Waals surface area contributed by atoms with E-state index in [2.05, 4.69) is 11.6 Å². The summed E-state index contributed by atoms with van der Waals surface area (Å²) in [7, 11) is -3.89. The lowest BCUT2D eigenvalue weighted by Gasteiger charge is -2.11. The Morgan fingerprint density at radius 2 is 1.69 bits per heavy atom. The fourth-order valence-corrected chi connectivity index (χ4v) is 3.35. The fourth-order valence-electron chi connectivity index (χ4n) is 2.34. The third-order valence-electron chi connectivity index (χ3n) is 3.89. The van der Waals surface area contributed by atoms with Crippen LogP contribution in [0.2, 0.25) is 0 Å². The van der Waals surface area contributed by atoms with Gasteiger partial charge in [0.15, 0.2) is 0 Å². The second-order valence-electron chi connectivity index (χ2n) is 5.88. The van der Waals surface area contributed by atoms with Crippen LogP contribution < -0.4 is 4.72 Å². The Kier molecular flexibility index (Phi) is 6.41. The zero-order chi connectivity index (χ0) is 19.4. The number of nitrogens with one attached hydrogen (secondary N) is 1. The van der Waals surface area contributed by atoms with Crippen LogP contribution in [0.1, 0.15) is 36.5 Å². The Hall–Kier alpha value is -1.93. The van der Waals surface area contributed by atoms with Crippen LogP contribution in [-0.2, 0) is 29.2 Å². The molecule has 0 spiro atoms. The van der Waals surface area contributed by atoms with Crippen molar-refractivity contribution in [3.05, 3.63) is 65.0 Å². The average Bonchev–Trinajstić information content (AvgIpc) is 2.58. The number of sulfonamides is 1. The molecule has 0 radical (unpaired) electrons. The average molecular weight is 389 g/mol. The maximum atomic E-state index is 13.8. The lowest BCUT2D eigenvalue weighted by Crippen LogP contribution is -2.24. The van der Waals surface area contributed by atoms with Gasteiger partial charge in [0.25, 0.3) is 0 Å². The molecule has 142 valence electrons. The Bertz CT molecular complexity index is 846. The number of alkyl halides is 3. The first kappa shape index (κ1) is 20.4. The van der Waals surface area contributed by atoms with Crippen molar-refractivity contribution in [2.75, 3.05) is 0 Å². The normalized spacial score (nSPS) is 12.3. The maximum absolute atomic E-state index is 13.8. The standard InChI is InChI=1S/C18H19F4NO2S/c1-2-3-4-13-5-9-16(10-6-13)26(24,25)23-12-14-7-8-15(11-17(14)19)18(20,21)22/h5-11,23H,2-4,12H2,1H3. The van der Waals surface area contributed by atoms with Crippen LogP contribution in [-0.4, -0.2) is 8.42 Å². The van der Waals surface area contributed by atoms with Gasteiger partial charge < -0.3 is 0 Å². The predicted octanol–water partition coefficient (Wildman–Crippen LogP) is 4.67. The molecule has 0 heterocycles. The molecule has 0 saturated carbocycles. The Morgan fingerprint density at radius 1 is 1.04 bits per heavy atom. The topological polar surface area (TPSA) is 46.2 Å². The van der Waals surface area contributed by atoms with E-state index in [9.17, 15) is 26.0 Å². The molecule has 2 rings (SSSR count). The first-order valence-electron chi connectivity index (χ1n) is 8.07. The number of hydrogen-bond donors (Lipinski definition) is 1. The van der Waals surface area contributed by atoms with E-state index < -0.39 is 34.1 Å². The van der Waals surface area contributed by atoms with Crippen LogP contribution in [0.15, 0.2) is 47.4 Å². The largest absolute Gasteiger partial charge is 0.416 e. The van der Waals surface area contributed by atoms with E-state index in [1.54, 1.807) is 12.1 Å². The first-order chi connectivity index (χ1) is 12.1. The maximum Gasteiger partial charge on any atom is 0.416 e. The van der Waals surface area contributed by atoms with Crippen molar-refractivity contribution < 1.29 is 26.0 Å². The SMILES string of the molecule is CCCCc1ccc(S(=O)(=O)NCc2ccc(C(F)(F)F)cc2F)cc1. The van der Waals surface area contributed by atoms with E-state index in [4.69, 9.17) is 0 Å². The van der Waals surface area contributed by atoms with Gasteiger partial charge in [0.2, 0.25) is 10.0 Å². The molecule has 0 fully saturated rings. The highest BCUT2D eigenvalue weighted by atomic mass is 32.2. The highest BCUT2D eigenvalue weighted by Crippen LogP contribution is 2.30. The van der Waals surface area contributed by atoms with Gasteiger partial charge in [-0.3, -0.25) is 0 Å². The lowest BCUT2D eigenvalue weighted by atomic mass is 10.1. The zero-order valence-electron chi connectivity index (χ0n) is 14.1. The van der Waals surface area contributed by atoms with Crippen LogP contribution in [0.3, 0.4) is 0 Å². The monoisotopic (exact) mass is 389 g/mol. The smallest absolute Gasteiger partial charge is 0.207 e. The number of hydrogen-bond acceptors (Lipinski definition) is 2. The Labute approximate surface area is 150 Å². The lowest BCUT2D eigenvalue weighted by molar-refractivity contribution is -0.137. The van der Waals surface area contributed by atoms with Crippen molar-refractivity contribution in [3.63, 3.8) is 0 Å². The summed E-state index contributed by atoms with van der Waals surface area (Å²) in [5.41, 5.74) is -0.273. The molecule has 26 heavy (non-hydrogen) atoms. The highest BCUT2D eigenvalue weighted by Gasteiger charge is 2.31. The van der Waals surface area contributed by atoms with Gasteiger partial charge in [0.05, 0.1) is 10.5 Å². The second-order valence-corrected chi connectivity index (χ2v) is 7.64. The quantitative estimate of drug-likeness (QED) is 0.700. The molecule has 0 bridgehead atoms. The second kappa shape index (κ2) is 8.18. The summed E-state index contributed by atoms with van der Waals surface area (Å²) in [5.74, 6) is -1.11. The van der Waals surface area contributed by atoms with E-state index in [0.717, 1.165) is 37.0 Å². The molecule has 1 N–H and O–H groups in total. The molecule has 0 aliphatic rings. The van der Waals surface area contributed by atoms with Crippen LogP contribution in [0.4, 0.5) is 17.6 Å². The Balaban J connectivity index is 2.08. The van der Waals surface area contributed by atoms with Crippen molar-refractivity contribution in [2.24, 2.45) is 0 Å². The van der Waals surface area contributed by atoms with Gasteiger partial charge in [-0.15, -0.1) is 0 Å². The summed E-state index contributed by atoms with van der Waals surface area (Å²) in [4.78, 5) is 0.0186. The Morgan fingerprint density at radius 3 is 2.23 bits per heavy atom. The molecule has 0 saturated heterocycles. The van der Waals surface area contributed by atoms with Gasteiger partial charge in [-0.25, -0.2) is 17.5 Å². The van der Waals surface area contributed by atoms with Crippen LogP contribution in [0.5, 0.6) is 0 Å². The van der Waals surface area contributed by atoms with E-state index in [-0.39, 0.29) is 10.5 Å².